The molecule has 0 atom stereocenters. The van der Waals surface area contributed by atoms with Gasteiger partial charge in [-0.3, -0.25) is 9.88 Å². The summed E-state index contributed by atoms with van der Waals surface area (Å²) >= 11 is 0. The molecule has 0 saturated heterocycles. The number of fused-ring (bicyclic) bond motifs is 1. The maximum atomic E-state index is 14.3. The lowest BCUT2D eigenvalue weighted by Gasteiger charge is -2.21. The van der Waals surface area contributed by atoms with E-state index in [1.54, 1.807) is 43.3 Å². The van der Waals surface area contributed by atoms with Crippen LogP contribution in [0.25, 0.3) is 17.0 Å². The van der Waals surface area contributed by atoms with Gasteiger partial charge in [-0.2, -0.15) is 19.7 Å². The summed E-state index contributed by atoms with van der Waals surface area (Å²) in [7, 11) is 0. The van der Waals surface area contributed by atoms with E-state index in [9.17, 15) is 18.7 Å². The van der Waals surface area contributed by atoms with Crippen LogP contribution in [0, 0.1) is 18.6 Å². The van der Waals surface area contributed by atoms with Gasteiger partial charge in [0.2, 0.25) is 0 Å². The highest BCUT2D eigenvalue weighted by Crippen LogP contribution is 2.31. The van der Waals surface area contributed by atoms with Gasteiger partial charge < -0.3 is 16.6 Å². The maximum Gasteiger partial charge on any atom is 0.412 e. The van der Waals surface area contributed by atoms with Crippen molar-refractivity contribution in [1.82, 2.24) is 29.7 Å². The Hall–Kier alpha value is -5.20. The normalized spacial score (nSPS) is 11.1. The first-order valence-electron chi connectivity index (χ1n) is 11.3. The van der Waals surface area contributed by atoms with Gasteiger partial charge in [0.15, 0.2) is 11.6 Å². The quantitative estimate of drug-likeness (QED) is 0.305. The molecule has 13 heteroatoms. The number of carbonyl (C=O) groups is 1. The van der Waals surface area contributed by atoms with E-state index in [0.717, 1.165) is 11.1 Å². The molecule has 4 heterocycles. The van der Waals surface area contributed by atoms with Gasteiger partial charge in [-0.05, 0) is 30.7 Å². The molecular weight excluding hydrogens is 496 g/mol. The molecule has 0 bridgehead atoms. The second kappa shape index (κ2) is 9.69. The Morgan fingerprint density at radius 2 is 1.79 bits per heavy atom. The standard InChI is InChI=1S/C25H21F2N9O2/c1-13-5-4-7-16(31-13)12-35(25(37)38)21-22(28)32-24(33-23(21)29)36-19-10-15(26)11-30-20(19)18(34-36)9-14-6-2-3-8-17(14)27/h2-8,10-11H,9,12H2,1H3,(H,37,38)(H4,28,29,32,33). The molecule has 0 unspecified atom stereocenters. The largest absolute Gasteiger partial charge is 0.465 e. The van der Waals surface area contributed by atoms with E-state index in [1.807, 2.05) is 0 Å². The first-order chi connectivity index (χ1) is 18.2. The van der Waals surface area contributed by atoms with Gasteiger partial charge in [-0.1, -0.05) is 24.3 Å². The van der Waals surface area contributed by atoms with E-state index in [0.29, 0.717) is 28.2 Å². The average Bonchev–Trinajstić information content (AvgIpc) is 3.21. The van der Waals surface area contributed by atoms with Gasteiger partial charge in [0.05, 0.1) is 29.6 Å². The number of hydrogen-bond donors (Lipinski definition) is 3. The average molecular weight is 518 g/mol. The number of hydrogen-bond acceptors (Lipinski definition) is 8. The molecule has 1 aromatic carbocycles. The number of nitrogens with zero attached hydrogens (tertiary/aromatic N) is 7. The van der Waals surface area contributed by atoms with Crippen LogP contribution in [0.2, 0.25) is 0 Å². The number of aryl methyl sites for hydroxylation is 1. The third-order valence-corrected chi connectivity index (χ3v) is 5.75. The molecular formula is C25H21F2N9O2. The maximum absolute atomic E-state index is 14.3. The summed E-state index contributed by atoms with van der Waals surface area (Å²) in [6.07, 6.45) is -0.254. The lowest BCUT2D eigenvalue weighted by Crippen LogP contribution is -2.31. The number of halogens is 2. The smallest absolute Gasteiger partial charge is 0.412 e. The number of carboxylic acid groups (broad SMARTS) is 1. The Morgan fingerprint density at radius 3 is 2.47 bits per heavy atom. The zero-order chi connectivity index (χ0) is 27.0. The SMILES string of the molecule is Cc1cccc(CN(C(=O)O)c2c(N)nc(-n3nc(Cc4ccccc4F)c4ncc(F)cc43)nc2N)n1. The molecule has 0 radical (unpaired) electrons. The van der Waals surface area contributed by atoms with E-state index in [1.165, 1.54) is 16.8 Å². The van der Waals surface area contributed by atoms with Crippen molar-refractivity contribution in [3.05, 3.63) is 89.0 Å². The van der Waals surface area contributed by atoms with Crippen LogP contribution in [-0.2, 0) is 13.0 Å². The van der Waals surface area contributed by atoms with Crippen LogP contribution in [0.1, 0.15) is 22.6 Å². The summed E-state index contributed by atoms with van der Waals surface area (Å²) in [4.78, 5) is 29.9. The molecule has 0 aliphatic carbocycles. The Labute approximate surface area is 214 Å². The monoisotopic (exact) mass is 517 g/mol. The number of amides is 1. The van der Waals surface area contributed by atoms with Gasteiger partial charge in [0.25, 0.3) is 5.95 Å². The first-order valence-corrected chi connectivity index (χ1v) is 11.3. The van der Waals surface area contributed by atoms with Crippen LogP contribution in [-0.4, -0.2) is 40.9 Å². The summed E-state index contributed by atoms with van der Waals surface area (Å²) in [6, 6.07) is 12.6. The fraction of sp³-hybridized carbons (Fsp3) is 0.120. The number of anilines is 3. The summed E-state index contributed by atoms with van der Waals surface area (Å²) in [6.45, 7) is 1.63. The zero-order valence-electron chi connectivity index (χ0n) is 20.0. The van der Waals surface area contributed by atoms with E-state index >= 15 is 0 Å². The predicted molar refractivity (Wildman–Crippen MR) is 136 cm³/mol. The summed E-state index contributed by atoms with van der Waals surface area (Å²) < 4.78 is 29.6. The van der Waals surface area contributed by atoms with E-state index in [-0.39, 0.29) is 41.8 Å². The van der Waals surface area contributed by atoms with Crippen LogP contribution < -0.4 is 16.4 Å². The van der Waals surface area contributed by atoms with Crippen molar-refractivity contribution in [3.63, 3.8) is 0 Å². The molecule has 0 fully saturated rings. The van der Waals surface area contributed by atoms with E-state index < -0.39 is 17.7 Å². The fourth-order valence-electron chi connectivity index (χ4n) is 4.07. The number of benzene rings is 1. The number of rotatable bonds is 6. The van der Waals surface area contributed by atoms with E-state index in [4.69, 9.17) is 11.5 Å². The van der Waals surface area contributed by atoms with Crippen LogP contribution >= 0.6 is 0 Å². The second-order valence-corrected chi connectivity index (χ2v) is 8.43. The second-order valence-electron chi connectivity index (χ2n) is 8.43. The van der Waals surface area contributed by atoms with Crippen LogP contribution in [0.5, 0.6) is 0 Å². The van der Waals surface area contributed by atoms with E-state index in [2.05, 4.69) is 25.0 Å². The third-order valence-electron chi connectivity index (χ3n) is 5.75. The predicted octanol–water partition coefficient (Wildman–Crippen LogP) is 3.63. The molecule has 0 spiro atoms. The molecule has 5 N–H and O–H groups in total. The van der Waals surface area contributed by atoms with Gasteiger partial charge in [0.1, 0.15) is 22.8 Å². The van der Waals surface area contributed by atoms with Crippen molar-refractivity contribution in [1.29, 1.82) is 0 Å². The van der Waals surface area contributed by atoms with Gasteiger partial charge in [-0.15, -0.1) is 0 Å². The van der Waals surface area contributed by atoms with Gasteiger partial charge in [-0.25, -0.2) is 18.6 Å². The first kappa shape index (κ1) is 24.5. The lowest BCUT2D eigenvalue weighted by molar-refractivity contribution is 0.201. The number of nitrogens with two attached hydrogens (primary N) is 2. The van der Waals surface area contributed by atoms with Crippen molar-refractivity contribution in [2.75, 3.05) is 16.4 Å². The molecule has 192 valence electrons. The third kappa shape index (κ3) is 4.64. The Balaban J connectivity index is 1.59. The molecule has 0 aliphatic rings. The zero-order valence-corrected chi connectivity index (χ0v) is 20.0. The summed E-state index contributed by atoms with van der Waals surface area (Å²) in [5, 5.41) is 14.3. The highest BCUT2D eigenvalue weighted by molar-refractivity contribution is 5.94. The minimum absolute atomic E-state index is 0.0636. The van der Waals surface area contributed by atoms with Crippen LogP contribution in [0.15, 0.2) is 54.7 Å². The summed E-state index contributed by atoms with van der Waals surface area (Å²) in [5.41, 5.74) is 14.6. The van der Waals surface area contributed by atoms with Crippen LogP contribution in [0.3, 0.4) is 0 Å². The minimum atomic E-state index is -1.34. The number of aromatic nitrogens is 6. The van der Waals surface area contributed by atoms with Gasteiger partial charge in [0, 0.05) is 18.2 Å². The van der Waals surface area contributed by atoms with Crippen LogP contribution in [0.4, 0.5) is 30.9 Å². The highest BCUT2D eigenvalue weighted by Gasteiger charge is 2.25. The number of nitrogen functional groups attached to an aromatic ring is 2. The van der Waals surface area contributed by atoms with Crippen molar-refractivity contribution < 1.29 is 18.7 Å². The number of pyridine rings is 2. The molecule has 11 nitrogen and oxygen atoms in total. The van der Waals surface area contributed by atoms with Crippen molar-refractivity contribution in [3.8, 4) is 5.95 Å². The molecule has 1 amide bonds. The lowest BCUT2D eigenvalue weighted by atomic mass is 10.1. The minimum Gasteiger partial charge on any atom is -0.465 e. The molecule has 5 aromatic rings. The molecule has 38 heavy (non-hydrogen) atoms. The van der Waals surface area contributed by atoms with Gasteiger partial charge >= 0.3 is 6.09 Å². The topological polar surface area (TPSA) is 162 Å². The molecule has 4 aromatic heterocycles. The summed E-state index contributed by atoms with van der Waals surface area (Å²) in [5.74, 6) is -1.70. The Morgan fingerprint density at radius 1 is 1.05 bits per heavy atom. The van der Waals surface area contributed by atoms with Crippen molar-refractivity contribution in [2.24, 2.45) is 0 Å². The molecule has 5 rings (SSSR count). The highest BCUT2D eigenvalue weighted by atomic mass is 19.1. The molecule has 0 aliphatic heterocycles. The fourth-order valence-corrected chi connectivity index (χ4v) is 4.07. The Kier molecular flexibility index (Phi) is 6.24. The Bertz CT molecular complexity index is 1670. The molecule has 0 saturated carbocycles. The van der Waals surface area contributed by atoms with Crippen molar-refractivity contribution in [2.45, 2.75) is 19.9 Å². The van der Waals surface area contributed by atoms with Crippen molar-refractivity contribution >= 4 is 34.4 Å².